The molecule has 0 spiro atoms. The van der Waals surface area contributed by atoms with E-state index < -0.39 is 0 Å². The number of hydrogen-bond donors (Lipinski definition) is 1. The van der Waals surface area contributed by atoms with Crippen LogP contribution in [-0.4, -0.2) is 36.2 Å². The average molecular weight is 328 g/mol. The molecular formula is C15H16N6OS. The van der Waals surface area contributed by atoms with Crippen molar-refractivity contribution in [2.75, 3.05) is 11.1 Å². The van der Waals surface area contributed by atoms with Gasteiger partial charge in [-0.2, -0.15) is 5.10 Å². The van der Waals surface area contributed by atoms with Crippen LogP contribution in [0, 0.1) is 6.92 Å². The fourth-order valence-corrected chi connectivity index (χ4v) is 2.75. The highest BCUT2D eigenvalue weighted by Gasteiger charge is 2.12. The second-order valence-electron chi connectivity index (χ2n) is 4.98. The van der Waals surface area contributed by atoms with Gasteiger partial charge in [0.05, 0.1) is 17.1 Å². The Labute approximate surface area is 137 Å². The molecule has 1 amide bonds. The first-order valence-corrected chi connectivity index (χ1v) is 8.01. The van der Waals surface area contributed by atoms with E-state index in [1.807, 2.05) is 50.4 Å². The summed E-state index contributed by atoms with van der Waals surface area (Å²) in [6.45, 7) is 1.89. The Kier molecular flexibility index (Phi) is 4.42. The number of amides is 1. The van der Waals surface area contributed by atoms with Gasteiger partial charge in [-0.1, -0.05) is 30.0 Å². The number of aryl methyl sites for hydroxylation is 2. The Morgan fingerprint density at radius 3 is 2.78 bits per heavy atom. The van der Waals surface area contributed by atoms with Gasteiger partial charge in [0.1, 0.15) is 12.1 Å². The minimum atomic E-state index is -0.116. The predicted octanol–water partition coefficient (Wildman–Crippen LogP) is 2.04. The summed E-state index contributed by atoms with van der Waals surface area (Å²) in [5, 5.41) is 15.8. The molecule has 2 aromatic heterocycles. The highest BCUT2D eigenvalue weighted by molar-refractivity contribution is 7.99. The summed E-state index contributed by atoms with van der Waals surface area (Å²) in [4.78, 5) is 12.2. The van der Waals surface area contributed by atoms with Gasteiger partial charge in [0.2, 0.25) is 5.91 Å². The van der Waals surface area contributed by atoms with Crippen LogP contribution in [0.5, 0.6) is 0 Å². The first-order valence-electron chi connectivity index (χ1n) is 7.02. The van der Waals surface area contributed by atoms with Gasteiger partial charge in [-0.3, -0.25) is 4.79 Å². The van der Waals surface area contributed by atoms with Gasteiger partial charge in [-0.25, -0.2) is 4.68 Å². The van der Waals surface area contributed by atoms with Gasteiger partial charge >= 0.3 is 0 Å². The van der Waals surface area contributed by atoms with Gasteiger partial charge in [-0.15, -0.1) is 10.2 Å². The van der Waals surface area contributed by atoms with Crippen molar-refractivity contribution < 1.29 is 4.79 Å². The van der Waals surface area contributed by atoms with Crippen molar-refractivity contribution in [3.8, 4) is 5.69 Å². The molecule has 1 N–H and O–H groups in total. The zero-order chi connectivity index (χ0) is 16.2. The third-order valence-electron chi connectivity index (χ3n) is 3.10. The summed E-state index contributed by atoms with van der Waals surface area (Å²) >= 11 is 1.34. The minimum Gasteiger partial charge on any atom is -0.312 e. The van der Waals surface area contributed by atoms with E-state index in [0.717, 1.165) is 11.4 Å². The molecule has 0 bridgehead atoms. The third-order valence-corrected chi connectivity index (χ3v) is 4.14. The largest absolute Gasteiger partial charge is 0.312 e. The van der Waals surface area contributed by atoms with E-state index in [1.54, 1.807) is 15.6 Å². The maximum atomic E-state index is 12.2. The molecule has 2 heterocycles. The molecule has 118 valence electrons. The van der Waals surface area contributed by atoms with Crippen molar-refractivity contribution in [2.24, 2.45) is 7.05 Å². The molecular weight excluding hydrogens is 312 g/mol. The van der Waals surface area contributed by atoms with E-state index in [1.165, 1.54) is 11.8 Å². The van der Waals surface area contributed by atoms with Crippen LogP contribution in [0.1, 0.15) is 5.69 Å². The third kappa shape index (κ3) is 3.59. The Hall–Kier alpha value is -2.61. The molecule has 0 saturated heterocycles. The fourth-order valence-electron chi connectivity index (χ4n) is 2.07. The normalized spacial score (nSPS) is 10.7. The maximum absolute atomic E-state index is 12.2. The zero-order valence-corrected chi connectivity index (χ0v) is 13.6. The number of aromatic nitrogens is 5. The minimum absolute atomic E-state index is 0.116. The van der Waals surface area contributed by atoms with Crippen LogP contribution >= 0.6 is 11.8 Å². The van der Waals surface area contributed by atoms with Crippen LogP contribution < -0.4 is 5.32 Å². The first-order chi connectivity index (χ1) is 11.1. The first kappa shape index (κ1) is 15.3. The Bertz CT molecular complexity index is 810. The summed E-state index contributed by atoms with van der Waals surface area (Å²) in [7, 11) is 1.84. The number of hydrogen-bond acceptors (Lipinski definition) is 5. The van der Waals surface area contributed by atoms with Crippen LogP contribution in [0.4, 0.5) is 5.82 Å². The second-order valence-corrected chi connectivity index (χ2v) is 5.92. The van der Waals surface area contributed by atoms with E-state index >= 15 is 0 Å². The lowest BCUT2D eigenvalue weighted by molar-refractivity contribution is -0.113. The van der Waals surface area contributed by atoms with Gasteiger partial charge < -0.3 is 9.88 Å². The average Bonchev–Trinajstić information content (AvgIpc) is 3.12. The van der Waals surface area contributed by atoms with E-state index in [-0.39, 0.29) is 11.7 Å². The van der Waals surface area contributed by atoms with Crippen molar-refractivity contribution in [1.82, 2.24) is 24.5 Å². The summed E-state index contributed by atoms with van der Waals surface area (Å²) in [5.74, 6) is 0.790. The van der Waals surface area contributed by atoms with Crippen LogP contribution in [0.2, 0.25) is 0 Å². The quantitative estimate of drug-likeness (QED) is 0.725. The molecule has 0 aliphatic rings. The van der Waals surface area contributed by atoms with Crippen molar-refractivity contribution in [3.63, 3.8) is 0 Å². The number of carbonyl (C=O) groups is 1. The lowest BCUT2D eigenvalue weighted by atomic mass is 10.3. The lowest BCUT2D eigenvalue weighted by Gasteiger charge is -2.08. The molecule has 0 saturated carbocycles. The van der Waals surface area contributed by atoms with Gasteiger partial charge in [0.25, 0.3) is 0 Å². The number of nitrogens with one attached hydrogen (secondary N) is 1. The molecule has 0 aliphatic heterocycles. The number of rotatable bonds is 5. The monoisotopic (exact) mass is 328 g/mol. The van der Waals surface area contributed by atoms with Gasteiger partial charge in [0, 0.05) is 13.1 Å². The molecule has 23 heavy (non-hydrogen) atoms. The van der Waals surface area contributed by atoms with Crippen LogP contribution in [-0.2, 0) is 11.8 Å². The summed E-state index contributed by atoms with van der Waals surface area (Å²) in [6, 6.07) is 11.5. The van der Waals surface area contributed by atoms with E-state index in [4.69, 9.17) is 0 Å². The number of para-hydroxylation sites is 1. The number of thioether (sulfide) groups is 1. The smallest absolute Gasteiger partial charge is 0.236 e. The molecule has 0 radical (unpaired) electrons. The van der Waals surface area contributed by atoms with Gasteiger partial charge in [-0.05, 0) is 19.1 Å². The molecule has 7 nitrogen and oxygen atoms in total. The van der Waals surface area contributed by atoms with E-state index in [2.05, 4.69) is 20.6 Å². The summed E-state index contributed by atoms with van der Waals surface area (Å²) in [6.07, 6.45) is 1.61. The summed E-state index contributed by atoms with van der Waals surface area (Å²) in [5.41, 5.74) is 1.74. The van der Waals surface area contributed by atoms with E-state index in [9.17, 15) is 4.79 Å². The Balaban J connectivity index is 1.70. The molecule has 8 heteroatoms. The molecule has 0 fully saturated rings. The molecule has 3 rings (SSSR count). The highest BCUT2D eigenvalue weighted by atomic mass is 32.2. The summed E-state index contributed by atoms with van der Waals surface area (Å²) < 4.78 is 3.50. The number of nitrogens with zero attached hydrogens (tertiary/aromatic N) is 5. The van der Waals surface area contributed by atoms with Crippen molar-refractivity contribution in [2.45, 2.75) is 12.1 Å². The Morgan fingerprint density at radius 1 is 1.30 bits per heavy atom. The fraction of sp³-hybridized carbons (Fsp3) is 0.200. The molecule has 0 atom stereocenters. The SMILES string of the molecule is Cc1cc(NC(=O)CSc2nncn2C)n(-c2ccccc2)n1. The Morgan fingerprint density at radius 2 is 2.09 bits per heavy atom. The number of benzene rings is 1. The van der Waals surface area contributed by atoms with Crippen LogP contribution in [0.3, 0.4) is 0 Å². The zero-order valence-electron chi connectivity index (χ0n) is 12.8. The lowest BCUT2D eigenvalue weighted by Crippen LogP contribution is -2.17. The van der Waals surface area contributed by atoms with Gasteiger partial charge in [0.15, 0.2) is 5.16 Å². The van der Waals surface area contributed by atoms with E-state index in [0.29, 0.717) is 11.0 Å². The van der Waals surface area contributed by atoms with Crippen molar-refractivity contribution >= 4 is 23.5 Å². The number of anilines is 1. The maximum Gasteiger partial charge on any atom is 0.236 e. The standard InChI is InChI=1S/C15H16N6OS/c1-11-8-13(21(19-11)12-6-4-3-5-7-12)17-14(22)9-23-15-18-16-10-20(15)2/h3-8,10H,9H2,1-2H3,(H,17,22). The topological polar surface area (TPSA) is 77.6 Å². The molecule has 1 aromatic carbocycles. The van der Waals surface area contributed by atoms with Crippen LogP contribution in [0.25, 0.3) is 5.69 Å². The molecule has 0 aliphatic carbocycles. The van der Waals surface area contributed by atoms with Crippen molar-refractivity contribution in [3.05, 3.63) is 48.4 Å². The molecule has 3 aromatic rings. The highest BCUT2D eigenvalue weighted by Crippen LogP contribution is 2.18. The van der Waals surface area contributed by atoms with Crippen LogP contribution in [0.15, 0.2) is 47.9 Å². The predicted molar refractivity (Wildman–Crippen MR) is 88.7 cm³/mol. The molecule has 0 unspecified atom stereocenters. The number of carbonyl (C=O) groups excluding carboxylic acids is 1. The second kappa shape index (κ2) is 6.66. The van der Waals surface area contributed by atoms with Crippen molar-refractivity contribution in [1.29, 1.82) is 0 Å².